The van der Waals surface area contributed by atoms with Gasteiger partial charge in [-0.1, -0.05) is 121 Å². The van der Waals surface area contributed by atoms with Gasteiger partial charge in [0.1, 0.15) is 0 Å². The third-order valence-corrected chi connectivity index (χ3v) is 12.4. The fourth-order valence-electron chi connectivity index (χ4n) is 8.72. The highest BCUT2D eigenvalue weighted by molar-refractivity contribution is 7.22. The molecule has 12 rings (SSSR count). The van der Waals surface area contributed by atoms with Gasteiger partial charge in [0.05, 0.1) is 32.3 Å². The maximum absolute atomic E-state index is 5.42. The number of nitrogens with zero attached hydrogens (tertiary/aromatic N) is 5. The molecule has 6 heteroatoms. The van der Waals surface area contributed by atoms with Crippen LogP contribution in [0.5, 0.6) is 0 Å². The predicted molar refractivity (Wildman–Crippen MR) is 238 cm³/mol. The van der Waals surface area contributed by atoms with E-state index in [1.165, 1.54) is 48.9 Å². The van der Waals surface area contributed by atoms with Crippen molar-refractivity contribution >= 4 is 75.9 Å². The Hall–Kier alpha value is -7.41. The molecular formula is C51H31N5S. The number of pyridine rings is 1. The minimum atomic E-state index is 0.671. The topological polar surface area (TPSA) is 48.5 Å². The van der Waals surface area contributed by atoms with Crippen LogP contribution in [0.15, 0.2) is 188 Å². The zero-order valence-electron chi connectivity index (χ0n) is 30.5. The van der Waals surface area contributed by atoms with Crippen LogP contribution in [0.1, 0.15) is 0 Å². The van der Waals surface area contributed by atoms with Crippen molar-refractivity contribution < 1.29 is 0 Å². The molecule has 0 aliphatic heterocycles. The van der Waals surface area contributed by atoms with E-state index in [9.17, 15) is 0 Å². The van der Waals surface area contributed by atoms with Crippen molar-refractivity contribution in [2.75, 3.05) is 0 Å². The molecule has 0 spiro atoms. The van der Waals surface area contributed by atoms with Crippen LogP contribution < -0.4 is 0 Å². The summed E-state index contributed by atoms with van der Waals surface area (Å²) < 4.78 is 5.82. The number of hydrogen-bond acceptors (Lipinski definition) is 4. The molecule has 5 aromatic heterocycles. The normalized spacial score (nSPS) is 11.9. The lowest BCUT2D eigenvalue weighted by Crippen LogP contribution is -2.01. The molecule has 7 aromatic carbocycles. The average molecular weight is 746 g/mol. The molecular weight excluding hydrogens is 715 g/mol. The van der Waals surface area contributed by atoms with Crippen molar-refractivity contribution in [2.45, 2.75) is 0 Å². The first kappa shape index (κ1) is 31.9. The fraction of sp³-hybridized carbons (Fsp3) is 0. The van der Waals surface area contributed by atoms with Crippen molar-refractivity contribution in [1.82, 2.24) is 24.1 Å². The van der Waals surface area contributed by atoms with Gasteiger partial charge in [0.15, 0.2) is 11.6 Å². The highest BCUT2D eigenvalue weighted by Gasteiger charge is 2.23. The summed E-state index contributed by atoms with van der Waals surface area (Å²) in [6, 6.07) is 63.1. The zero-order valence-corrected chi connectivity index (χ0v) is 31.4. The Balaban J connectivity index is 1.18. The number of thiophene rings is 1. The second-order valence-corrected chi connectivity index (χ2v) is 15.5. The van der Waals surface area contributed by atoms with Crippen molar-refractivity contribution in [3.8, 4) is 44.5 Å². The molecule has 0 saturated heterocycles. The van der Waals surface area contributed by atoms with Gasteiger partial charge in [-0.2, -0.15) is 0 Å². The second-order valence-electron chi connectivity index (χ2n) is 14.4. The number of fused-ring (bicyclic) bond motifs is 9. The average Bonchev–Trinajstić information content (AvgIpc) is 3.97. The number of rotatable bonds is 5. The molecule has 0 atom stereocenters. The molecule has 12 aromatic rings. The van der Waals surface area contributed by atoms with E-state index in [4.69, 9.17) is 9.97 Å². The van der Waals surface area contributed by atoms with Gasteiger partial charge in [-0.15, -0.1) is 11.3 Å². The Morgan fingerprint density at radius 2 is 1.18 bits per heavy atom. The molecule has 5 heterocycles. The lowest BCUT2D eigenvalue weighted by molar-refractivity contribution is 1.08. The van der Waals surface area contributed by atoms with Gasteiger partial charge >= 0.3 is 0 Å². The molecule has 0 unspecified atom stereocenters. The third-order valence-electron chi connectivity index (χ3n) is 11.2. The number of hydrogen-bond donors (Lipinski definition) is 0. The molecule has 0 amide bonds. The van der Waals surface area contributed by atoms with Gasteiger partial charge in [-0.25, -0.2) is 9.97 Å². The largest absolute Gasteiger partial charge is 0.309 e. The third kappa shape index (κ3) is 4.91. The van der Waals surface area contributed by atoms with Crippen molar-refractivity contribution in [1.29, 1.82) is 0 Å². The van der Waals surface area contributed by atoms with Gasteiger partial charge < -0.3 is 4.57 Å². The second kappa shape index (κ2) is 12.6. The summed E-state index contributed by atoms with van der Waals surface area (Å²) in [6.45, 7) is 0. The summed E-state index contributed by atoms with van der Waals surface area (Å²) in [5.41, 5.74) is 11.1. The van der Waals surface area contributed by atoms with Crippen LogP contribution in [0.4, 0.5) is 0 Å². The van der Waals surface area contributed by atoms with Crippen molar-refractivity contribution in [3.63, 3.8) is 0 Å². The highest BCUT2D eigenvalue weighted by atomic mass is 32.1. The van der Waals surface area contributed by atoms with Crippen LogP contribution in [-0.2, 0) is 0 Å². The molecule has 57 heavy (non-hydrogen) atoms. The monoisotopic (exact) mass is 745 g/mol. The van der Waals surface area contributed by atoms with Crippen LogP contribution in [0.2, 0.25) is 0 Å². The van der Waals surface area contributed by atoms with E-state index in [1.54, 1.807) is 23.7 Å². The summed E-state index contributed by atoms with van der Waals surface area (Å²) in [5, 5.41) is 7.27. The smallest absolute Gasteiger partial charge is 0.162 e. The quantitative estimate of drug-likeness (QED) is 0.176. The lowest BCUT2D eigenvalue weighted by atomic mass is 9.98. The Morgan fingerprint density at radius 1 is 0.456 bits per heavy atom. The molecule has 0 aliphatic carbocycles. The molecule has 0 fully saturated rings. The Bertz CT molecular complexity index is 3510. The summed E-state index contributed by atoms with van der Waals surface area (Å²) in [4.78, 5) is 16.0. The molecule has 0 aliphatic rings. The van der Waals surface area contributed by atoms with Gasteiger partial charge in [0.25, 0.3) is 0 Å². The van der Waals surface area contributed by atoms with Gasteiger partial charge in [-0.05, 0) is 76.5 Å². The molecule has 0 bridgehead atoms. The van der Waals surface area contributed by atoms with E-state index in [0.717, 1.165) is 54.3 Å². The lowest BCUT2D eigenvalue weighted by Gasteiger charge is -2.12. The van der Waals surface area contributed by atoms with Gasteiger partial charge in [0, 0.05) is 55.6 Å². The highest BCUT2D eigenvalue weighted by Crippen LogP contribution is 2.44. The Labute approximate surface area is 331 Å². The van der Waals surface area contributed by atoms with Crippen LogP contribution in [0, 0.1) is 0 Å². The van der Waals surface area contributed by atoms with E-state index in [-0.39, 0.29) is 0 Å². The van der Waals surface area contributed by atoms with Crippen molar-refractivity contribution in [3.05, 3.63) is 188 Å². The minimum absolute atomic E-state index is 0.671. The Kier molecular flexibility index (Phi) is 7.03. The van der Waals surface area contributed by atoms with Crippen LogP contribution in [-0.4, -0.2) is 24.1 Å². The summed E-state index contributed by atoms with van der Waals surface area (Å²) in [5.74, 6) is 1.54. The van der Waals surface area contributed by atoms with Crippen LogP contribution in [0.25, 0.3) is 109 Å². The standard InChI is InChI=1S/C51H31N5S/c1-3-13-33(14-4-1)46-31-42-49(57-46)51(54-50(53-42)34-26-28-52-29-27-34)56-44-24-23-35(30-41(44)47-37-17-8-7-12-32(37)22-25-45(47)56)38-19-11-20-40-39-18-9-10-21-43(39)55(48(38)40)36-15-5-2-6-16-36/h1-31H. The van der Waals surface area contributed by atoms with Crippen molar-refractivity contribution in [2.24, 2.45) is 0 Å². The summed E-state index contributed by atoms with van der Waals surface area (Å²) in [7, 11) is 0. The summed E-state index contributed by atoms with van der Waals surface area (Å²) in [6.07, 6.45) is 3.61. The van der Waals surface area contributed by atoms with Gasteiger partial charge in [0.2, 0.25) is 0 Å². The van der Waals surface area contributed by atoms with E-state index < -0.39 is 0 Å². The first-order valence-corrected chi connectivity index (χ1v) is 19.9. The first-order chi connectivity index (χ1) is 28.3. The van der Waals surface area contributed by atoms with E-state index in [1.807, 2.05) is 12.1 Å². The first-order valence-electron chi connectivity index (χ1n) is 19.1. The fourth-order valence-corrected chi connectivity index (χ4v) is 9.81. The molecule has 0 radical (unpaired) electrons. The summed E-state index contributed by atoms with van der Waals surface area (Å²) >= 11 is 1.74. The molecule has 0 saturated carbocycles. The SMILES string of the molecule is c1ccc(-c2cc3nc(-c4ccncc4)nc(-n4c5ccc(-c6cccc7c8ccccc8n(-c8ccccc8)c67)cc5c5c6ccccc6ccc54)c3s2)cc1. The van der Waals surface area contributed by atoms with E-state index >= 15 is 0 Å². The minimum Gasteiger partial charge on any atom is -0.309 e. The molecule has 266 valence electrons. The Morgan fingerprint density at radius 3 is 2.04 bits per heavy atom. The predicted octanol–water partition coefficient (Wildman–Crippen LogP) is 13.4. The number of para-hydroxylation sites is 3. The van der Waals surface area contributed by atoms with Gasteiger partial charge in [-0.3, -0.25) is 9.55 Å². The molecule has 0 N–H and O–H groups in total. The molecule has 5 nitrogen and oxygen atoms in total. The van der Waals surface area contributed by atoms with Crippen LogP contribution in [0.3, 0.4) is 0 Å². The van der Waals surface area contributed by atoms with Crippen LogP contribution >= 0.6 is 11.3 Å². The van der Waals surface area contributed by atoms with E-state index in [0.29, 0.717) is 5.82 Å². The number of benzene rings is 7. The zero-order chi connectivity index (χ0) is 37.5. The van der Waals surface area contributed by atoms with E-state index in [2.05, 4.69) is 178 Å². The number of aromatic nitrogens is 5. The maximum Gasteiger partial charge on any atom is 0.162 e. The maximum atomic E-state index is 5.42.